The van der Waals surface area contributed by atoms with Gasteiger partial charge in [0.15, 0.2) is 0 Å². The Labute approximate surface area is 126 Å². The Morgan fingerprint density at radius 1 is 0.952 bits per heavy atom. The summed E-state index contributed by atoms with van der Waals surface area (Å²) in [6.45, 7) is 3.36. The van der Waals surface area contributed by atoms with Crippen LogP contribution in [0.2, 0.25) is 0 Å². The van der Waals surface area contributed by atoms with Gasteiger partial charge in [0.25, 0.3) is 0 Å². The number of hydrogen-bond donors (Lipinski definition) is 0. The summed E-state index contributed by atoms with van der Waals surface area (Å²) < 4.78 is 2.13. The SMILES string of the molecule is CCCCCCn1ccnc1.c1ccc2ncccc2c1. The monoisotopic (exact) mass is 281 g/mol. The first-order valence-electron chi connectivity index (χ1n) is 7.65. The highest BCUT2D eigenvalue weighted by molar-refractivity contribution is 5.77. The van der Waals surface area contributed by atoms with Gasteiger partial charge in [0.2, 0.25) is 0 Å². The summed E-state index contributed by atoms with van der Waals surface area (Å²) in [6, 6.07) is 12.1. The minimum absolute atomic E-state index is 1.06. The largest absolute Gasteiger partial charge is 0.337 e. The van der Waals surface area contributed by atoms with E-state index in [0.717, 1.165) is 12.1 Å². The maximum absolute atomic E-state index is 4.18. The Balaban J connectivity index is 0.000000154. The fraction of sp³-hybridized carbons (Fsp3) is 0.333. The molecule has 1 aromatic carbocycles. The van der Waals surface area contributed by atoms with Crippen molar-refractivity contribution in [3.05, 3.63) is 61.3 Å². The number of nitrogens with zero attached hydrogens (tertiary/aromatic N) is 3. The van der Waals surface area contributed by atoms with Gasteiger partial charge >= 0.3 is 0 Å². The molecule has 0 unspecified atom stereocenters. The van der Waals surface area contributed by atoms with Crippen LogP contribution in [0.3, 0.4) is 0 Å². The number of aromatic nitrogens is 3. The second-order valence-corrected chi connectivity index (χ2v) is 5.06. The molecule has 3 aromatic rings. The summed E-state index contributed by atoms with van der Waals surface area (Å²) in [5.41, 5.74) is 1.06. The second-order valence-electron chi connectivity index (χ2n) is 5.06. The lowest BCUT2D eigenvalue weighted by atomic mass is 10.2. The smallest absolute Gasteiger partial charge is 0.0945 e. The van der Waals surface area contributed by atoms with Gasteiger partial charge in [-0.05, 0) is 18.6 Å². The van der Waals surface area contributed by atoms with Crippen molar-refractivity contribution in [1.29, 1.82) is 0 Å². The molecule has 0 saturated carbocycles. The van der Waals surface area contributed by atoms with Crippen molar-refractivity contribution in [2.24, 2.45) is 0 Å². The van der Waals surface area contributed by atoms with E-state index in [1.165, 1.54) is 31.1 Å². The number of imidazole rings is 1. The van der Waals surface area contributed by atoms with Crippen molar-refractivity contribution in [2.75, 3.05) is 0 Å². The molecule has 0 fully saturated rings. The topological polar surface area (TPSA) is 30.7 Å². The minimum Gasteiger partial charge on any atom is -0.337 e. The second kappa shape index (κ2) is 8.90. The zero-order valence-electron chi connectivity index (χ0n) is 12.7. The molecule has 0 aliphatic heterocycles. The lowest BCUT2D eigenvalue weighted by Crippen LogP contribution is -1.93. The van der Waals surface area contributed by atoms with Crippen molar-refractivity contribution in [2.45, 2.75) is 39.2 Å². The van der Waals surface area contributed by atoms with Crippen LogP contribution in [0.1, 0.15) is 32.6 Å². The van der Waals surface area contributed by atoms with Gasteiger partial charge in [0.1, 0.15) is 0 Å². The maximum Gasteiger partial charge on any atom is 0.0945 e. The summed E-state index contributed by atoms with van der Waals surface area (Å²) in [5, 5.41) is 1.20. The van der Waals surface area contributed by atoms with Gasteiger partial charge in [-0.15, -0.1) is 0 Å². The lowest BCUT2D eigenvalue weighted by molar-refractivity contribution is 0.582. The molecule has 0 aliphatic carbocycles. The van der Waals surface area contributed by atoms with E-state index >= 15 is 0 Å². The molecule has 0 atom stereocenters. The number of rotatable bonds is 5. The number of fused-ring (bicyclic) bond motifs is 1. The van der Waals surface area contributed by atoms with Gasteiger partial charge in [0, 0.05) is 30.5 Å². The van der Waals surface area contributed by atoms with E-state index in [9.17, 15) is 0 Å². The first-order valence-corrected chi connectivity index (χ1v) is 7.65. The van der Waals surface area contributed by atoms with Gasteiger partial charge in [0.05, 0.1) is 11.8 Å². The van der Waals surface area contributed by atoms with Crippen LogP contribution in [-0.2, 0) is 6.54 Å². The predicted molar refractivity (Wildman–Crippen MR) is 88.1 cm³/mol. The summed E-state index contributed by atoms with van der Waals surface area (Å²) >= 11 is 0. The van der Waals surface area contributed by atoms with Crippen LogP contribution in [0.15, 0.2) is 61.3 Å². The Hall–Kier alpha value is -2.16. The third-order valence-corrected chi connectivity index (χ3v) is 3.34. The molecule has 2 heterocycles. The molecular weight excluding hydrogens is 258 g/mol. The van der Waals surface area contributed by atoms with E-state index in [0.29, 0.717) is 0 Å². The number of para-hydroxylation sites is 1. The zero-order valence-corrected chi connectivity index (χ0v) is 12.7. The Morgan fingerprint density at radius 3 is 2.57 bits per heavy atom. The number of hydrogen-bond acceptors (Lipinski definition) is 2. The summed E-state index contributed by atoms with van der Waals surface area (Å²) in [5.74, 6) is 0. The Morgan fingerprint density at radius 2 is 1.81 bits per heavy atom. The molecule has 0 saturated heterocycles. The van der Waals surface area contributed by atoms with Crippen LogP contribution in [0.5, 0.6) is 0 Å². The Bertz CT molecular complexity index is 552. The number of benzene rings is 1. The van der Waals surface area contributed by atoms with Gasteiger partial charge in [-0.25, -0.2) is 4.98 Å². The van der Waals surface area contributed by atoms with E-state index in [4.69, 9.17) is 0 Å². The molecule has 3 heteroatoms. The average molecular weight is 281 g/mol. The number of pyridine rings is 1. The highest BCUT2D eigenvalue weighted by atomic mass is 15.0. The summed E-state index contributed by atoms with van der Waals surface area (Å²) in [6.07, 6.45) is 12.8. The van der Waals surface area contributed by atoms with E-state index in [-0.39, 0.29) is 0 Å². The van der Waals surface area contributed by atoms with Crippen molar-refractivity contribution in [3.63, 3.8) is 0 Å². The molecule has 110 valence electrons. The zero-order chi connectivity index (χ0) is 14.8. The summed E-state index contributed by atoms with van der Waals surface area (Å²) in [7, 11) is 0. The molecule has 3 rings (SSSR count). The highest BCUT2D eigenvalue weighted by Gasteiger charge is 1.89. The average Bonchev–Trinajstić information content (AvgIpc) is 3.06. The highest BCUT2D eigenvalue weighted by Crippen LogP contribution is 2.07. The number of aryl methyl sites for hydroxylation is 1. The van der Waals surface area contributed by atoms with Crippen molar-refractivity contribution in [3.8, 4) is 0 Å². The van der Waals surface area contributed by atoms with E-state index in [1.807, 2.05) is 49.2 Å². The molecule has 0 aliphatic rings. The third kappa shape index (κ3) is 5.38. The van der Waals surface area contributed by atoms with E-state index in [1.54, 1.807) is 0 Å². The van der Waals surface area contributed by atoms with Gasteiger partial charge in [-0.2, -0.15) is 0 Å². The van der Waals surface area contributed by atoms with Gasteiger partial charge < -0.3 is 4.57 Å². The first kappa shape index (κ1) is 15.2. The maximum atomic E-state index is 4.18. The van der Waals surface area contributed by atoms with Crippen LogP contribution in [-0.4, -0.2) is 14.5 Å². The minimum atomic E-state index is 1.06. The van der Waals surface area contributed by atoms with Crippen molar-refractivity contribution < 1.29 is 0 Å². The molecule has 0 spiro atoms. The quantitative estimate of drug-likeness (QED) is 0.635. The van der Waals surface area contributed by atoms with E-state index in [2.05, 4.69) is 33.6 Å². The molecule has 0 N–H and O–H groups in total. The fourth-order valence-corrected chi connectivity index (χ4v) is 2.16. The molecule has 21 heavy (non-hydrogen) atoms. The van der Waals surface area contributed by atoms with Crippen molar-refractivity contribution in [1.82, 2.24) is 14.5 Å². The normalized spacial score (nSPS) is 10.1. The molecule has 0 amide bonds. The van der Waals surface area contributed by atoms with Gasteiger partial charge in [-0.3, -0.25) is 4.98 Å². The van der Waals surface area contributed by atoms with Crippen molar-refractivity contribution >= 4 is 10.9 Å². The summed E-state index contributed by atoms with van der Waals surface area (Å²) in [4.78, 5) is 8.17. The van der Waals surface area contributed by atoms with Crippen LogP contribution in [0, 0.1) is 0 Å². The predicted octanol–water partition coefficient (Wildman–Crippen LogP) is 4.70. The Kier molecular flexibility index (Phi) is 6.46. The van der Waals surface area contributed by atoms with Crippen LogP contribution in [0.25, 0.3) is 10.9 Å². The first-order chi connectivity index (χ1) is 10.4. The van der Waals surface area contributed by atoms with Crippen LogP contribution >= 0.6 is 0 Å². The number of unbranched alkanes of at least 4 members (excludes halogenated alkanes) is 3. The van der Waals surface area contributed by atoms with Gasteiger partial charge in [-0.1, -0.05) is 50.5 Å². The molecule has 3 nitrogen and oxygen atoms in total. The van der Waals surface area contributed by atoms with Crippen LogP contribution in [0.4, 0.5) is 0 Å². The molecule has 0 bridgehead atoms. The molecular formula is C18H23N3. The van der Waals surface area contributed by atoms with Crippen LogP contribution < -0.4 is 0 Å². The molecule has 0 radical (unpaired) electrons. The lowest BCUT2D eigenvalue weighted by Gasteiger charge is -1.99. The van der Waals surface area contributed by atoms with E-state index < -0.39 is 0 Å². The third-order valence-electron chi connectivity index (χ3n) is 3.34. The fourth-order valence-electron chi connectivity index (χ4n) is 2.16. The standard InChI is InChI=1S/C9H16N2.C9H7N/c1-2-3-4-5-7-11-8-6-10-9-11;1-2-6-9-8(4-1)5-3-7-10-9/h6,8-9H,2-5,7H2,1H3;1-7H. The molecule has 2 aromatic heterocycles.